The van der Waals surface area contributed by atoms with Gasteiger partial charge in [-0.25, -0.2) is 0 Å². The first-order valence-corrected chi connectivity index (χ1v) is 6.51. The zero-order valence-electron chi connectivity index (χ0n) is 11.3. The third kappa shape index (κ3) is 2.70. The van der Waals surface area contributed by atoms with Gasteiger partial charge in [0.2, 0.25) is 0 Å². The van der Waals surface area contributed by atoms with E-state index in [1.807, 2.05) is 26.0 Å². The zero-order chi connectivity index (χ0) is 13.8. The van der Waals surface area contributed by atoms with Crippen molar-refractivity contribution in [3.8, 4) is 5.75 Å². The normalized spacial score (nSPS) is 15.9. The predicted octanol–water partition coefficient (Wildman–Crippen LogP) is 1.28. The van der Waals surface area contributed by atoms with Gasteiger partial charge in [0.15, 0.2) is 0 Å². The highest BCUT2D eigenvalue weighted by Crippen LogP contribution is 2.21. The van der Waals surface area contributed by atoms with E-state index in [2.05, 4.69) is 0 Å². The number of carbonyl (C=O) groups excluding carboxylic acids is 2. The number of carbonyl (C=O) groups is 2. The van der Waals surface area contributed by atoms with Crippen LogP contribution in [0.1, 0.15) is 13.8 Å². The van der Waals surface area contributed by atoms with Crippen molar-refractivity contribution in [1.29, 1.82) is 0 Å². The minimum Gasteiger partial charge on any atom is -0.494 e. The van der Waals surface area contributed by atoms with Gasteiger partial charge in [0.1, 0.15) is 5.75 Å². The molecule has 2 rings (SSSR count). The quantitative estimate of drug-likeness (QED) is 0.768. The van der Waals surface area contributed by atoms with E-state index in [1.54, 1.807) is 17.0 Å². The molecule has 1 aromatic rings. The summed E-state index contributed by atoms with van der Waals surface area (Å²) >= 11 is 0. The summed E-state index contributed by atoms with van der Waals surface area (Å²) in [6.45, 7) is 6.08. The molecule has 19 heavy (non-hydrogen) atoms. The van der Waals surface area contributed by atoms with E-state index in [0.717, 1.165) is 11.4 Å². The van der Waals surface area contributed by atoms with Gasteiger partial charge in [-0.05, 0) is 38.1 Å². The number of hydrogen-bond donors (Lipinski definition) is 0. The lowest BCUT2D eigenvalue weighted by Gasteiger charge is -2.33. The molecule has 0 radical (unpaired) electrons. The standard InChI is InChI=1S/C14H18N2O3/c1-3-15-9-10-16(14(18)13(15)17)11-5-7-12(8-6-11)19-4-2/h5-8H,3-4,9-10H2,1-2H3. The molecule has 1 aliphatic rings. The third-order valence-electron chi connectivity index (χ3n) is 3.15. The number of ether oxygens (including phenoxy) is 1. The molecule has 1 aliphatic heterocycles. The molecule has 0 atom stereocenters. The van der Waals surface area contributed by atoms with E-state index in [0.29, 0.717) is 26.2 Å². The number of likely N-dealkylation sites (N-methyl/N-ethyl adjacent to an activating group) is 1. The molecule has 0 aromatic heterocycles. The van der Waals surface area contributed by atoms with Gasteiger partial charge >= 0.3 is 11.8 Å². The lowest BCUT2D eigenvalue weighted by atomic mass is 10.2. The molecule has 0 unspecified atom stereocenters. The molecule has 1 aromatic carbocycles. The Morgan fingerprint density at radius 1 is 1.05 bits per heavy atom. The molecule has 5 heteroatoms. The molecule has 102 valence electrons. The van der Waals surface area contributed by atoms with Crippen LogP contribution in [0.4, 0.5) is 5.69 Å². The Bertz CT molecular complexity index is 470. The molecule has 2 amide bonds. The summed E-state index contributed by atoms with van der Waals surface area (Å²) in [6, 6.07) is 7.22. The van der Waals surface area contributed by atoms with Crippen LogP contribution in [0.25, 0.3) is 0 Å². The first-order chi connectivity index (χ1) is 9.17. The Morgan fingerprint density at radius 3 is 2.32 bits per heavy atom. The van der Waals surface area contributed by atoms with Gasteiger partial charge in [-0.3, -0.25) is 9.59 Å². The Morgan fingerprint density at radius 2 is 1.74 bits per heavy atom. The molecule has 1 saturated heterocycles. The van der Waals surface area contributed by atoms with Crippen molar-refractivity contribution >= 4 is 17.5 Å². The second-order valence-electron chi connectivity index (χ2n) is 4.27. The monoisotopic (exact) mass is 262 g/mol. The molecule has 0 saturated carbocycles. The molecule has 0 bridgehead atoms. The Hall–Kier alpha value is -2.04. The lowest BCUT2D eigenvalue weighted by Crippen LogP contribution is -2.54. The molecule has 0 spiro atoms. The largest absolute Gasteiger partial charge is 0.494 e. The maximum Gasteiger partial charge on any atom is 0.316 e. The lowest BCUT2D eigenvalue weighted by molar-refractivity contribution is -0.146. The summed E-state index contributed by atoms with van der Waals surface area (Å²) in [4.78, 5) is 26.9. The molecule has 5 nitrogen and oxygen atoms in total. The van der Waals surface area contributed by atoms with Crippen LogP contribution in [-0.4, -0.2) is 43.0 Å². The molecular weight excluding hydrogens is 244 g/mol. The van der Waals surface area contributed by atoms with Gasteiger partial charge < -0.3 is 14.5 Å². The van der Waals surface area contributed by atoms with Gasteiger partial charge in [-0.1, -0.05) is 0 Å². The van der Waals surface area contributed by atoms with Crippen molar-refractivity contribution in [2.75, 3.05) is 31.1 Å². The third-order valence-corrected chi connectivity index (χ3v) is 3.15. The fourth-order valence-electron chi connectivity index (χ4n) is 2.11. The van der Waals surface area contributed by atoms with Crippen LogP contribution in [0.15, 0.2) is 24.3 Å². The Balaban J connectivity index is 2.14. The average Bonchev–Trinajstić information content (AvgIpc) is 2.43. The van der Waals surface area contributed by atoms with Crippen LogP contribution in [0.5, 0.6) is 5.75 Å². The van der Waals surface area contributed by atoms with Crippen LogP contribution in [0, 0.1) is 0 Å². The van der Waals surface area contributed by atoms with Crippen LogP contribution in [0.3, 0.4) is 0 Å². The van der Waals surface area contributed by atoms with E-state index < -0.39 is 11.8 Å². The van der Waals surface area contributed by atoms with E-state index in [9.17, 15) is 9.59 Å². The van der Waals surface area contributed by atoms with Crippen molar-refractivity contribution in [2.24, 2.45) is 0 Å². The van der Waals surface area contributed by atoms with Gasteiger partial charge in [-0.2, -0.15) is 0 Å². The molecule has 1 fully saturated rings. The van der Waals surface area contributed by atoms with Crippen molar-refractivity contribution in [3.63, 3.8) is 0 Å². The zero-order valence-corrected chi connectivity index (χ0v) is 11.3. The summed E-state index contributed by atoms with van der Waals surface area (Å²) in [5.41, 5.74) is 0.734. The summed E-state index contributed by atoms with van der Waals surface area (Å²) in [5.74, 6) is -0.128. The van der Waals surface area contributed by atoms with E-state index in [4.69, 9.17) is 4.74 Å². The summed E-state index contributed by atoms with van der Waals surface area (Å²) in [6.07, 6.45) is 0. The van der Waals surface area contributed by atoms with Gasteiger partial charge in [0.25, 0.3) is 0 Å². The van der Waals surface area contributed by atoms with Crippen molar-refractivity contribution in [3.05, 3.63) is 24.3 Å². The van der Waals surface area contributed by atoms with Crippen molar-refractivity contribution in [2.45, 2.75) is 13.8 Å². The average molecular weight is 262 g/mol. The van der Waals surface area contributed by atoms with E-state index >= 15 is 0 Å². The summed E-state index contributed by atoms with van der Waals surface area (Å²) in [5, 5.41) is 0. The molecular formula is C14H18N2O3. The highest BCUT2D eigenvalue weighted by atomic mass is 16.5. The van der Waals surface area contributed by atoms with Gasteiger partial charge in [-0.15, -0.1) is 0 Å². The van der Waals surface area contributed by atoms with E-state index in [1.165, 1.54) is 4.90 Å². The van der Waals surface area contributed by atoms with Gasteiger partial charge in [0.05, 0.1) is 6.61 Å². The number of nitrogens with zero attached hydrogens (tertiary/aromatic N) is 2. The molecule has 1 heterocycles. The second-order valence-corrected chi connectivity index (χ2v) is 4.27. The molecule has 0 N–H and O–H groups in total. The highest BCUT2D eigenvalue weighted by Gasteiger charge is 2.32. The minimum absolute atomic E-state index is 0.428. The number of benzene rings is 1. The summed E-state index contributed by atoms with van der Waals surface area (Å²) < 4.78 is 5.35. The number of hydrogen-bond acceptors (Lipinski definition) is 3. The van der Waals surface area contributed by atoms with Crippen LogP contribution in [0.2, 0.25) is 0 Å². The molecule has 0 aliphatic carbocycles. The van der Waals surface area contributed by atoms with E-state index in [-0.39, 0.29) is 0 Å². The van der Waals surface area contributed by atoms with Crippen molar-refractivity contribution < 1.29 is 14.3 Å². The van der Waals surface area contributed by atoms with Crippen LogP contribution in [-0.2, 0) is 9.59 Å². The Labute approximate surface area is 112 Å². The SMILES string of the molecule is CCOc1ccc(N2CCN(CC)C(=O)C2=O)cc1. The highest BCUT2D eigenvalue weighted by molar-refractivity contribution is 6.40. The maximum atomic E-state index is 12.0. The number of amides is 2. The second kappa shape index (κ2) is 5.73. The maximum absolute atomic E-state index is 12.0. The minimum atomic E-state index is -0.461. The topological polar surface area (TPSA) is 49.9 Å². The Kier molecular flexibility index (Phi) is 4.04. The fourth-order valence-corrected chi connectivity index (χ4v) is 2.11. The van der Waals surface area contributed by atoms with Crippen LogP contribution < -0.4 is 9.64 Å². The van der Waals surface area contributed by atoms with Crippen molar-refractivity contribution in [1.82, 2.24) is 4.90 Å². The van der Waals surface area contributed by atoms with Crippen LogP contribution >= 0.6 is 0 Å². The first-order valence-electron chi connectivity index (χ1n) is 6.51. The van der Waals surface area contributed by atoms with Gasteiger partial charge in [0, 0.05) is 25.3 Å². The summed E-state index contributed by atoms with van der Waals surface area (Å²) in [7, 11) is 0. The number of rotatable bonds is 4. The number of anilines is 1. The number of piperazine rings is 1. The first kappa shape index (κ1) is 13.4. The predicted molar refractivity (Wildman–Crippen MR) is 72.2 cm³/mol. The fraction of sp³-hybridized carbons (Fsp3) is 0.429. The smallest absolute Gasteiger partial charge is 0.316 e.